The van der Waals surface area contributed by atoms with Crippen molar-refractivity contribution in [1.82, 2.24) is 15.1 Å². The van der Waals surface area contributed by atoms with Crippen LogP contribution in [-0.4, -0.2) is 22.2 Å². The van der Waals surface area contributed by atoms with Crippen LogP contribution in [0.3, 0.4) is 0 Å². The molecular weight excluding hydrogens is 238 g/mol. The molecule has 0 bridgehead atoms. The number of nitrogens with zero attached hydrogens (tertiary/aromatic N) is 2. The minimum absolute atomic E-state index is 0.0577. The number of aryl methyl sites for hydroxylation is 1. The van der Waals surface area contributed by atoms with E-state index >= 15 is 0 Å². The summed E-state index contributed by atoms with van der Waals surface area (Å²) in [7, 11) is 0. The number of carbonyl (C=O) groups excluding carboxylic acids is 1. The third-order valence-electron chi connectivity index (χ3n) is 3.06. The van der Waals surface area contributed by atoms with Gasteiger partial charge in [0.15, 0.2) is 0 Å². The number of amides is 1. The van der Waals surface area contributed by atoms with E-state index in [0.29, 0.717) is 12.1 Å². The van der Waals surface area contributed by atoms with Gasteiger partial charge in [0, 0.05) is 6.54 Å². The number of hydrogen-bond donors (Lipinski definition) is 1. The Balaban J connectivity index is 2.42. The van der Waals surface area contributed by atoms with E-state index in [1.165, 1.54) is 5.56 Å². The lowest BCUT2D eigenvalue weighted by Crippen LogP contribution is -2.23. The Morgan fingerprint density at radius 2 is 1.95 bits per heavy atom. The maximum Gasteiger partial charge on any atom is 0.254 e. The van der Waals surface area contributed by atoms with Gasteiger partial charge in [0.2, 0.25) is 0 Å². The summed E-state index contributed by atoms with van der Waals surface area (Å²) < 4.78 is 1.84. The van der Waals surface area contributed by atoms with Crippen molar-refractivity contribution in [3.05, 3.63) is 47.3 Å². The average Bonchev–Trinajstić information content (AvgIpc) is 2.83. The molecule has 0 spiro atoms. The number of hydrogen-bond acceptors (Lipinski definition) is 2. The Labute approximate surface area is 113 Å². The Morgan fingerprint density at radius 1 is 1.26 bits per heavy atom. The molecule has 0 fully saturated rings. The number of nitrogens with one attached hydrogen (secondary N) is 1. The quantitative estimate of drug-likeness (QED) is 0.914. The number of aromatic nitrogens is 2. The molecule has 0 aliphatic carbocycles. The van der Waals surface area contributed by atoms with E-state index in [9.17, 15) is 4.79 Å². The largest absolute Gasteiger partial charge is 0.352 e. The van der Waals surface area contributed by atoms with Gasteiger partial charge >= 0.3 is 0 Å². The van der Waals surface area contributed by atoms with Crippen molar-refractivity contribution in [2.75, 3.05) is 6.54 Å². The van der Waals surface area contributed by atoms with Crippen molar-refractivity contribution in [2.24, 2.45) is 0 Å². The molecule has 1 aromatic carbocycles. The molecule has 1 aromatic heterocycles. The Kier molecular flexibility index (Phi) is 4.00. The molecule has 0 saturated heterocycles. The lowest BCUT2D eigenvalue weighted by atomic mass is 10.1. The summed E-state index contributed by atoms with van der Waals surface area (Å²) in [6, 6.07) is 8.12. The summed E-state index contributed by atoms with van der Waals surface area (Å²) >= 11 is 0. The van der Waals surface area contributed by atoms with E-state index in [-0.39, 0.29) is 5.91 Å². The molecule has 0 saturated carbocycles. The third kappa shape index (κ3) is 2.67. The standard InChI is InChI=1S/C15H19N3O/c1-4-14-13(15(19)16-5-2)10-17-18(14)12-8-6-11(3)7-9-12/h6-10H,4-5H2,1-3H3,(H,16,19). The van der Waals surface area contributed by atoms with Crippen molar-refractivity contribution in [3.8, 4) is 5.69 Å². The highest BCUT2D eigenvalue weighted by atomic mass is 16.1. The van der Waals surface area contributed by atoms with Crippen molar-refractivity contribution >= 4 is 5.91 Å². The normalized spacial score (nSPS) is 10.5. The summed E-state index contributed by atoms with van der Waals surface area (Å²) in [5, 5.41) is 7.16. The molecule has 0 unspecified atom stereocenters. The number of rotatable bonds is 4. The molecule has 2 aromatic rings. The van der Waals surface area contributed by atoms with Gasteiger partial charge in [0.1, 0.15) is 0 Å². The first kappa shape index (κ1) is 13.3. The second-order valence-corrected chi connectivity index (χ2v) is 4.47. The van der Waals surface area contributed by atoms with E-state index in [2.05, 4.69) is 10.4 Å². The van der Waals surface area contributed by atoms with Crippen LogP contribution in [0.25, 0.3) is 5.69 Å². The van der Waals surface area contributed by atoms with Crippen LogP contribution in [0.4, 0.5) is 0 Å². The van der Waals surface area contributed by atoms with Gasteiger partial charge in [-0.15, -0.1) is 0 Å². The Hall–Kier alpha value is -2.10. The highest BCUT2D eigenvalue weighted by molar-refractivity contribution is 5.95. The zero-order valence-corrected chi connectivity index (χ0v) is 11.6. The van der Waals surface area contributed by atoms with Gasteiger partial charge in [-0.05, 0) is 32.4 Å². The zero-order chi connectivity index (χ0) is 13.8. The van der Waals surface area contributed by atoms with Crippen LogP contribution in [0.2, 0.25) is 0 Å². The lowest BCUT2D eigenvalue weighted by Gasteiger charge is -2.08. The number of carbonyl (C=O) groups is 1. The molecule has 19 heavy (non-hydrogen) atoms. The number of benzene rings is 1. The molecule has 0 aliphatic heterocycles. The van der Waals surface area contributed by atoms with Crippen LogP contribution in [0.1, 0.15) is 35.5 Å². The van der Waals surface area contributed by atoms with Crippen LogP contribution in [0, 0.1) is 6.92 Å². The monoisotopic (exact) mass is 257 g/mol. The molecule has 1 heterocycles. The topological polar surface area (TPSA) is 46.9 Å². The van der Waals surface area contributed by atoms with Gasteiger partial charge in [0.25, 0.3) is 5.91 Å². The second-order valence-electron chi connectivity index (χ2n) is 4.47. The van der Waals surface area contributed by atoms with Gasteiger partial charge in [-0.3, -0.25) is 4.79 Å². The summed E-state index contributed by atoms with van der Waals surface area (Å²) in [5.74, 6) is -0.0577. The molecule has 0 atom stereocenters. The predicted octanol–water partition coefficient (Wildman–Crippen LogP) is 2.49. The summed E-state index contributed by atoms with van der Waals surface area (Å²) in [5.41, 5.74) is 3.79. The minimum Gasteiger partial charge on any atom is -0.352 e. The molecule has 0 aliphatic rings. The fourth-order valence-corrected chi connectivity index (χ4v) is 2.07. The van der Waals surface area contributed by atoms with E-state index in [1.54, 1.807) is 6.20 Å². The molecule has 2 rings (SSSR count). The molecule has 0 radical (unpaired) electrons. The molecule has 1 amide bonds. The molecule has 4 heteroatoms. The van der Waals surface area contributed by atoms with E-state index in [1.807, 2.05) is 49.7 Å². The highest BCUT2D eigenvalue weighted by Crippen LogP contribution is 2.16. The Morgan fingerprint density at radius 3 is 2.53 bits per heavy atom. The molecule has 1 N–H and O–H groups in total. The Bertz CT molecular complexity index is 570. The molecule has 4 nitrogen and oxygen atoms in total. The minimum atomic E-state index is -0.0577. The smallest absolute Gasteiger partial charge is 0.254 e. The van der Waals surface area contributed by atoms with Crippen molar-refractivity contribution in [2.45, 2.75) is 27.2 Å². The fraction of sp³-hybridized carbons (Fsp3) is 0.333. The fourth-order valence-electron chi connectivity index (χ4n) is 2.07. The third-order valence-corrected chi connectivity index (χ3v) is 3.06. The second kappa shape index (κ2) is 5.69. The van der Waals surface area contributed by atoms with Gasteiger partial charge in [0.05, 0.1) is 23.1 Å². The van der Waals surface area contributed by atoms with Gasteiger partial charge in [-0.2, -0.15) is 5.10 Å². The average molecular weight is 257 g/mol. The maximum atomic E-state index is 12.0. The molecular formula is C15H19N3O. The first-order valence-corrected chi connectivity index (χ1v) is 6.59. The van der Waals surface area contributed by atoms with Crippen molar-refractivity contribution in [3.63, 3.8) is 0 Å². The van der Waals surface area contributed by atoms with E-state index < -0.39 is 0 Å². The van der Waals surface area contributed by atoms with Crippen LogP contribution in [0.15, 0.2) is 30.5 Å². The summed E-state index contributed by atoms with van der Waals surface area (Å²) in [6.07, 6.45) is 2.41. The zero-order valence-electron chi connectivity index (χ0n) is 11.6. The summed E-state index contributed by atoms with van der Waals surface area (Å²) in [4.78, 5) is 12.0. The maximum absolute atomic E-state index is 12.0. The first-order chi connectivity index (χ1) is 9.17. The first-order valence-electron chi connectivity index (χ1n) is 6.59. The van der Waals surface area contributed by atoms with Crippen molar-refractivity contribution < 1.29 is 4.79 Å². The van der Waals surface area contributed by atoms with E-state index in [0.717, 1.165) is 17.8 Å². The van der Waals surface area contributed by atoms with Crippen LogP contribution >= 0.6 is 0 Å². The van der Waals surface area contributed by atoms with Crippen LogP contribution in [0.5, 0.6) is 0 Å². The van der Waals surface area contributed by atoms with Crippen LogP contribution in [-0.2, 0) is 6.42 Å². The van der Waals surface area contributed by atoms with Gasteiger partial charge in [-0.25, -0.2) is 4.68 Å². The predicted molar refractivity (Wildman–Crippen MR) is 75.7 cm³/mol. The highest BCUT2D eigenvalue weighted by Gasteiger charge is 2.16. The lowest BCUT2D eigenvalue weighted by molar-refractivity contribution is 0.0955. The van der Waals surface area contributed by atoms with E-state index in [4.69, 9.17) is 0 Å². The van der Waals surface area contributed by atoms with Gasteiger partial charge < -0.3 is 5.32 Å². The SMILES string of the molecule is CCNC(=O)c1cnn(-c2ccc(C)cc2)c1CC. The van der Waals surface area contributed by atoms with Crippen molar-refractivity contribution in [1.29, 1.82) is 0 Å². The molecule has 100 valence electrons. The van der Waals surface area contributed by atoms with Gasteiger partial charge in [-0.1, -0.05) is 24.6 Å². The summed E-state index contributed by atoms with van der Waals surface area (Å²) in [6.45, 7) is 6.61. The van der Waals surface area contributed by atoms with Crippen LogP contribution < -0.4 is 5.32 Å².